The Morgan fingerprint density at radius 2 is 1.19 bits per heavy atom. The fraction of sp³-hybridized carbons (Fsp3) is 0.333. The Morgan fingerprint density at radius 1 is 0.710 bits per heavy atom. The zero-order valence-corrected chi connectivity index (χ0v) is 19.4. The average molecular weight is 421 g/mol. The smallest absolute Gasteiger partial charge is 0.161 e. The van der Waals surface area contributed by atoms with Gasteiger partial charge in [-0.25, -0.2) is 0 Å². The van der Waals surface area contributed by atoms with Crippen LogP contribution in [0.2, 0.25) is 0 Å². The van der Waals surface area contributed by atoms with Crippen molar-refractivity contribution >= 4 is 0 Å². The summed E-state index contributed by atoms with van der Waals surface area (Å²) in [5.41, 5.74) is 7.85. The lowest BCUT2D eigenvalue weighted by molar-refractivity contribution is 0.317. The third-order valence-corrected chi connectivity index (χ3v) is 6.31. The first kappa shape index (κ1) is 22.5. The van der Waals surface area contributed by atoms with Crippen LogP contribution in [0.1, 0.15) is 62.9 Å². The number of phenols is 3. The average Bonchev–Trinajstić information content (AvgIpc) is 2.71. The van der Waals surface area contributed by atoms with Crippen LogP contribution in [0.3, 0.4) is 0 Å². The predicted octanol–water partition coefficient (Wildman–Crippen LogP) is 6.23. The van der Waals surface area contributed by atoms with Crippen molar-refractivity contribution in [3.8, 4) is 23.0 Å². The molecule has 3 N–H and O–H groups in total. The molecule has 3 aromatic rings. The highest BCUT2D eigenvalue weighted by Crippen LogP contribution is 2.47. The maximum atomic E-state index is 11.2. The van der Waals surface area contributed by atoms with E-state index in [2.05, 4.69) is 12.1 Å². The van der Waals surface area contributed by atoms with E-state index in [1.807, 2.05) is 54.5 Å². The summed E-state index contributed by atoms with van der Waals surface area (Å²) < 4.78 is 5.63. The van der Waals surface area contributed by atoms with Gasteiger partial charge in [-0.15, -0.1) is 0 Å². The normalized spacial score (nSPS) is 11.2. The molecule has 0 aromatic heterocycles. The number of hydrogen-bond acceptors (Lipinski definition) is 4. The van der Waals surface area contributed by atoms with Crippen molar-refractivity contribution in [2.45, 2.75) is 54.4 Å². The van der Waals surface area contributed by atoms with Crippen LogP contribution in [-0.2, 0) is 0 Å². The van der Waals surface area contributed by atoms with E-state index in [0.29, 0.717) is 12.4 Å². The van der Waals surface area contributed by atoms with E-state index >= 15 is 0 Å². The Hall–Kier alpha value is -3.14. The molecule has 0 aliphatic heterocycles. The molecule has 0 aliphatic carbocycles. The first-order chi connectivity index (χ1) is 14.6. The first-order valence-corrected chi connectivity index (χ1v) is 10.6. The van der Waals surface area contributed by atoms with Crippen molar-refractivity contribution < 1.29 is 20.1 Å². The van der Waals surface area contributed by atoms with Crippen LogP contribution in [0.5, 0.6) is 23.0 Å². The first-order valence-electron chi connectivity index (χ1n) is 10.6. The Bertz CT molecular complexity index is 1080. The molecule has 0 bridgehead atoms. The quantitative estimate of drug-likeness (QED) is 0.428. The minimum atomic E-state index is -0.432. The van der Waals surface area contributed by atoms with Gasteiger partial charge >= 0.3 is 0 Å². The fourth-order valence-electron chi connectivity index (χ4n) is 4.36. The Balaban J connectivity index is 2.42. The lowest BCUT2D eigenvalue weighted by atomic mass is 9.78. The molecule has 0 unspecified atom stereocenters. The van der Waals surface area contributed by atoms with Gasteiger partial charge < -0.3 is 20.1 Å². The largest absolute Gasteiger partial charge is 0.507 e. The van der Waals surface area contributed by atoms with E-state index in [-0.39, 0.29) is 17.2 Å². The molecule has 0 saturated heterocycles. The van der Waals surface area contributed by atoms with E-state index in [1.54, 1.807) is 12.1 Å². The molecule has 4 heteroatoms. The van der Waals surface area contributed by atoms with Gasteiger partial charge in [-0.1, -0.05) is 18.2 Å². The highest BCUT2D eigenvalue weighted by molar-refractivity contribution is 5.63. The van der Waals surface area contributed by atoms with Gasteiger partial charge in [0.15, 0.2) is 11.5 Å². The van der Waals surface area contributed by atoms with Gasteiger partial charge in [-0.2, -0.15) is 0 Å². The van der Waals surface area contributed by atoms with Gasteiger partial charge in [0.2, 0.25) is 0 Å². The summed E-state index contributed by atoms with van der Waals surface area (Å²) in [6.45, 7) is 14.0. The van der Waals surface area contributed by atoms with Crippen LogP contribution in [0, 0.1) is 41.5 Å². The molecule has 3 rings (SSSR count). The van der Waals surface area contributed by atoms with E-state index < -0.39 is 5.92 Å². The molecular weight excluding hydrogens is 388 g/mol. The van der Waals surface area contributed by atoms with Gasteiger partial charge in [0.1, 0.15) is 11.5 Å². The molecule has 4 nitrogen and oxygen atoms in total. The van der Waals surface area contributed by atoms with Gasteiger partial charge in [0, 0.05) is 17.0 Å². The molecule has 3 aromatic carbocycles. The number of phenolic OH excluding ortho intramolecular Hbond substituents is 3. The SMILES string of the molecule is CCOc1cc(C(c2c(C)cc(C)c(C)c2O)c2c(C)cc(C)c(C)c2O)ccc1O. The van der Waals surface area contributed by atoms with Gasteiger partial charge in [-0.05, 0) is 99.5 Å². The van der Waals surface area contributed by atoms with E-state index in [9.17, 15) is 15.3 Å². The molecule has 0 atom stereocenters. The Kier molecular flexibility index (Phi) is 6.21. The minimum Gasteiger partial charge on any atom is -0.507 e. The van der Waals surface area contributed by atoms with Gasteiger partial charge in [-0.3, -0.25) is 0 Å². The third-order valence-electron chi connectivity index (χ3n) is 6.31. The highest BCUT2D eigenvalue weighted by atomic mass is 16.5. The van der Waals surface area contributed by atoms with Crippen LogP contribution in [0.15, 0.2) is 30.3 Å². The molecule has 0 radical (unpaired) electrons. The van der Waals surface area contributed by atoms with Crippen LogP contribution in [-0.4, -0.2) is 21.9 Å². The summed E-state index contributed by atoms with van der Waals surface area (Å²) >= 11 is 0. The number of benzene rings is 3. The summed E-state index contributed by atoms with van der Waals surface area (Å²) in [5, 5.41) is 32.7. The van der Waals surface area contributed by atoms with Crippen molar-refractivity contribution in [1.82, 2.24) is 0 Å². The summed E-state index contributed by atoms with van der Waals surface area (Å²) in [6, 6.07) is 9.36. The van der Waals surface area contributed by atoms with E-state index in [1.165, 1.54) is 0 Å². The molecule has 0 heterocycles. The second-order valence-electron chi connectivity index (χ2n) is 8.39. The third kappa shape index (κ3) is 3.95. The second kappa shape index (κ2) is 8.54. The number of aryl methyl sites for hydroxylation is 4. The zero-order chi connectivity index (χ0) is 23.0. The van der Waals surface area contributed by atoms with Crippen molar-refractivity contribution in [2.24, 2.45) is 0 Å². The monoisotopic (exact) mass is 420 g/mol. The van der Waals surface area contributed by atoms with Crippen LogP contribution < -0.4 is 4.74 Å². The van der Waals surface area contributed by atoms with Gasteiger partial charge in [0.05, 0.1) is 6.61 Å². The molecule has 0 spiro atoms. The summed E-state index contributed by atoms with van der Waals surface area (Å²) in [6.07, 6.45) is 0. The minimum absolute atomic E-state index is 0.0615. The number of aromatic hydroxyl groups is 3. The maximum Gasteiger partial charge on any atom is 0.161 e. The number of hydrogen-bond donors (Lipinski definition) is 3. The summed E-state index contributed by atoms with van der Waals surface area (Å²) in [4.78, 5) is 0. The molecule has 0 aliphatic rings. The lowest BCUT2D eigenvalue weighted by Gasteiger charge is -2.27. The second-order valence-corrected chi connectivity index (χ2v) is 8.39. The Labute approximate surface area is 184 Å². The molecule has 164 valence electrons. The molecular formula is C27H32O4. The Morgan fingerprint density at radius 3 is 1.65 bits per heavy atom. The number of rotatable bonds is 5. The topological polar surface area (TPSA) is 69.9 Å². The van der Waals surface area contributed by atoms with Crippen molar-refractivity contribution in [1.29, 1.82) is 0 Å². The fourth-order valence-corrected chi connectivity index (χ4v) is 4.36. The van der Waals surface area contributed by atoms with Crippen molar-refractivity contribution in [2.75, 3.05) is 6.61 Å². The maximum absolute atomic E-state index is 11.2. The van der Waals surface area contributed by atoms with Crippen molar-refractivity contribution in [3.63, 3.8) is 0 Å². The summed E-state index contributed by atoms with van der Waals surface area (Å²) in [5.74, 6) is 0.466. The number of ether oxygens (including phenoxy) is 1. The predicted molar refractivity (Wildman–Crippen MR) is 125 cm³/mol. The summed E-state index contributed by atoms with van der Waals surface area (Å²) in [7, 11) is 0. The van der Waals surface area contributed by atoms with Crippen LogP contribution in [0.25, 0.3) is 0 Å². The molecule has 0 fully saturated rings. The molecule has 0 saturated carbocycles. The van der Waals surface area contributed by atoms with Crippen molar-refractivity contribution in [3.05, 3.63) is 80.4 Å². The van der Waals surface area contributed by atoms with E-state index in [4.69, 9.17) is 4.74 Å². The lowest BCUT2D eigenvalue weighted by Crippen LogP contribution is -2.10. The standard InChI is InChI=1S/C27H32O4/c1-8-31-22-13-20(9-10-21(22)28)25(23-16(4)11-14(2)18(6)26(23)29)24-17(5)12-15(3)19(7)27(24)30/h9-13,25,28-30H,8H2,1-7H3. The molecule has 0 amide bonds. The van der Waals surface area contributed by atoms with E-state index in [0.717, 1.165) is 50.1 Å². The van der Waals surface area contributed by atoms with Gasteiger partial charge in [0.25, 0.3) is 0 Å². The molecule has 31 heavy (non-hydrogen) atoms. The van der Waals surface area contributed by atoms with Crippen LogP contribution >= 0.6 is 0 Å². The van der Waals surface area contributed by atoms with Crippen LogP contribution in [0.4, 0.5) is 0 Å². The highest BCUT2D eigenvalue weighted by Gasteiger charge is 2.29. The zero-order valence-electron chi connectivity index (χ0n) is 19.4.